The Hall–Kier alpha value is -0.200. The molecule has 0 bridgehead atoms. The lowest BCUT2D eigenvalue weighted by Gasteiger charge is -2.12. The van der Waals surface area contributed by atoms with Gasteiger partial charge in [-0.2, -0.15) is 0 Å². The lowest BCUT2D eigenvalue weighted by molar-refractivity contribution is 0.654. The van der Waals surface area contributed by atoms with Crippen LogP contribution in [-0.2, 0) is 0 Å². The maximum absolute atomic E-state index is 5.57. The lowest BCUT2D eigenvalue weighted by atomic mass is 10.2. The van der Waals surface area contributed by atoms with Gasteiger partial charge in [0.1, 0.15) is 0 Å². The molecule has 2 aromatic rings. The maximum Gasteiger partial charge on any atom is 0.0905 e. The van der Waals surface area contributed by atoms with E-state index in [1.807, 2.05) is 12.1 Å². The largest absolute Gasteiger partial charge is 0.271 e. The summed E-state index contributed by atoms with van der Waals surface area (Å²) in [6.45, 7) is 0. The van der Waals surface area contributed by atoms with Crippen LogP contribution >= 0.6 is 38.6 Å². The van der Waals surface area contributed by atoms with E-state index in [0.29, 0.717) is 0 Å². The molecule has 0 aliphatic heterocycles. The van der Waals surface area contributed by atoms with E-state index in [2.05, 4.69) is 38.2 Å². The van der Waals surface area contributed by atoms with E-state index in [1.165, 1.54) is 9.75 Å². The van der Waals surface area contributed by atoms with Crippen LogP contribution in [0.2, 0.25) is 0 Å². The van der Waals surface area contributed by atoms with E-state index in [9.17, 15) is 0 Å². The zero-order valence-electron chi connectivity index (χ0n) is 7.24. The first-order chi connectivity index (χ1) is 6.83. The molecule has 3 N–H and O–H groups in total. The van der Waals surface area contributed by atoms with Crippen molar-refractivity contribution in [2.75, 3.05) is 0 Å². The third kappa shape index (κ3) is 1.92. The summed E-state index contributed by atoms with van der Waals surface area (Å²) in [6.07, 6.45) is 0. The van der Waals surface area contributed by atoms with Crippen molar-refractivity contribution >= 4 is 38.6 Å². The molecule has 1 unspecified atom stereocenters. The van der Waals surface area contributed by atoms with Gasteiger partial charge in [0.15, 0.2) is 0 Å². The molecule has 5 heteroatoms. The lowest BCUT2D eigenvalue weighted by Crippen LogP contribution is -2.27. The van der Waals surface area contributed by atoms with Crippen LogP contribution in [0, 0.1) is 0 Å². The second-order valence-electron chi connectivity index (χ2n) is 2.75. The van der Waals surface area contributed by atoms with Gasteiger partial charge < -0.3 is 0 Å². The minimum absolute atomic E-state index is 0.101. The normalized spacial score (nSPS) is 13.0. The molecule has 2 aromatic heterocycles. The third-order valence-electron chi connectivity index (χ3n) is 1.90. The van der Waals surface area contributed by atoms with Crippen LogP contribution in [0.5, 0.6) is 0 Å². The van der Waals surface area contributed by atoms with Gasteiger partial charge in [-0.3, -0.25) is 5.84 Å². The number of nitrogens with two attached hydrogens (primary N) is 1. The molecule has 0 saturated heterocycles. The van der Waals surface area contributed by atoms with Crippen LogP contribution in [0.15, 0.2) is 33.4 Å². The zero-order valence-corrected chi connectivity index (χ0v) is 10.5. The Bertz CT molecular complexity index is 397. The summed E-state index contributed by atoms with van der Waals surface area (Å²) in [6, 6.07) is 6.26. The number of rotatable bonds is 3. The van der Waals surface area contributed by atoms with Crippen molar-refractivity contribution in [1.82, 2.24) is 5.43 Å². The molecule has 0 amide bonds. The molecule has 2 rings (SSSR count). The van der Waals surface area contributed by atoms with Crippen molar-refractivity contribution in [2.24, 2.45) is 5.84 Å². The zero-order chi connectivity index (χ0) is 9.97. The number of thiophene rings is 2. The molecule has 0 fully saturated rings. The van der Waals surface area contributed by atoms with Crippen LogP contribution in [0.25, 0.3) is 0 Å². The van der Waals surface area contributed by atoms with E-state index >= 15 is 0 Å². The van der Waals surface area contributed by atoms with Gasteiger partial charge >= 0.3 is 0 Å². The van der Waals surface area contributed by atoms with Crippen molar-refractivity contribution in [2.45, 2.75) is 6.04 Å². The molecule has 0 saturated carbocycles. The van der Waals surface area contributed by atoms with Crippen LogP contribution in [0.4, 0.5) is 0 Å². The van der Waals surface area contributed by atoms with Gasteiger partial charge in [0.2, 0.25) is 0 Å². The van der Waals surface area contributed by atoms with E-state index in [0.717, 1.165) is 4.47 Å². The fraction of sp³-hybridized carbons (Fsp3) is 0.111. The Labute approximate surface area is 98.9 Å². The quantitative estimate of drug-likeness (QED) is 0.673. The van der Waals surface area contributed by atoms with Gasteiger partial charge in [0.25, 0.3) is 0 Å². The second-order valence-corrected chi connectivity index (χ2v) is 5.53. The van der Waals surface area contributed by atoms with Crippen molar-refractivity contribution in [3.8, 4) is 0 Å². The standard InChI is InChI=1S/C9H9BrN2S2/c10-6-3-5-14-9(6)8(12-11)7-2-1-4-13-7/h1-5,8,12H,11H2. The topological polar surface area (TPSA) is 38.0 Å². The van der Waals surface area contributed by atoms with Crippen LogP contribution in [0.3, 0.4) is 0 Å². The number of nitrogens with one attached hydrogen (secondary N) is 1. The monoisotopic (exact) mass is 288 g/mol. The summed E-state index contributed by atoms with van der Waals surface area (Å²) in [5.74, 6) is 5.57. The molecule has 0 radical (unpaired) electrons. The summed E-state index contributed by atoms with van der Waals surface area (Å²) in [5, 5.41) is 4.11. The molecular weight excluding hydrogens is 280 g/mol. The van der Waals surface area contributed by atoms with Gasteiger partial charge in [-0.05, 0) is 38.8 Å². The Morgan fingerprint density at radius 2 is 2.14 bits per heavy atom. The summed E-state index contributed by atoms with van der Waals surface area (Å²) < 4.78 is 1.11. The SMILES string of the molecule is NNC(c1cccs1)c1sccc1Br. The highest BCUT2D eigenvalue weighted by Gasteiger charge is 2.17. The molecular formula is C9H9BrN2S2. The first-order valence-electron chi connectivity index (χ1n) is 4.05. The highest BCUT2D eigenvalue weighted by atomic mass is 79.9. The predicted molar refractivity (Wildman–Crippen MR) is 65.5 cm³/mol. The highest BCUT2D eigenvalue weighted by molar-refractivity contribution is 9.10. The van der Waals surface area contributed by atoms with Crippen molar-refractivity contribution < 1.29 is 0 Å². The Morgan fingerprint density at radius 1 is 1.29 bits per heavy atom. The fourth-order valence-corrected chi connectivity index (χ4v) is 3.80. The van der Waals surface area contributed by atoms with E-state index in [-0.39, 0.29) is 6.04 Å². The first-order valence-corrected chi connectivity index (χ1v) is 6.60. The predicted octanol–water partition coefficient (Wildman–Crippen LogP) is 3.12. The minimum Gasteiger partial charge on any atom is -0.271 e. The molecule has 0 spiro atoms. The van der Waals surface area contributed by atoms with E-state index in [1.54, 1.807) is 22.7 Å². The third-order valence-corrected chi connectivity index (χ3v) is 4.77. The van der Waals surface area contributed by atoms with Gasteiger partial charge in [-0.15, -0.1) is 22.7 Å². The smallest absolute Gasteiger partial charge is 0.0905 e. The molecule has 2 nitrogen and oxygen atoms in total. The fourth-order valence-electron chi connectivity index (χ4n) is 1.25. The van der Waals surface area contributed by atoms with Crippen LogP contribution < -0.4 is 11.3 Å². The van der Waals surface area contributed by atoms with Crippen LogP contribution in [-0.4, -0.2) is 0 Å². The number of halogens is 1. The van der Waals surface area contributed by atoms with Gasteiger partial charge in [0, 0.05) is 14.2 Å². The highest BCUT2D eigenvalue weighted by Crippen LogP contribution is 2.34. The van der Waals surface area contributed by atoms with Gasteiger partial charge in [-0.25, -0.2) is 5.43 Å². The summed E-state index contributed by atoms with van der Waals surface area (Å²) in [5.41, 5.74) is 2.84. The molecule has 0 aromatic carbocycles. The molecule has 1 atom stereocenters. The number of hydrazine groups is 1. The van der Waals surface area contributed by atoms with E-state index in [4.69, 9.17) is 5.84 Å². The first kappa shape index (κ1) is 10.3. The van der Waals surface area contributed by atoms with Crippen LogP contribution in [0.1, 0.15) is 15.8 Å². The Morgan fingerprint density at radius 3 is 2.64 bits per heavy atom. The molecule has 74 valence electrons. The summed E-state index contributed by atoms with van der Waals surface area (Å²) in [7, 11) is 0. The minimum atomic E-state index is 0.101. The number of hydrogen-bond acceptors (Lipinski definition) is 4. The molecule has 14 heavy (non-hydrogen) atoms. The number of hydrogen-bond donors (Lipinski definition) is 2. The van der Waals surface area contributed by atoms with Crippen molar-refractivity contribution in [1.29, 1.82) is 0 Å². The molecule has 0 aliphatic carbocycles. The van der Waals surface area contributed by atoms with E-state index < -0.39 is 0 Å². The summed E-state index contributed by atoms with van der Waals surface area (Å²) in [4.78, 5) is 2.45. The average molecular weight is 289 g/mol. The Kier molecular flexibility index (Phi) is 3.35. The molecule has 2 heterocycles. The average Bonchev–Trinajstić information content (AvgIpc) is 2.80. The van der Waals surface area contributed by atoms with Gasteiger partial charge in [-0.1, -0.05) is 6.07 Å². The van der Waals surface area contributed by atoms with Crippen molar-refractivity contribution in [3.63, 3.8) is 0 Å². The second kappa shape index (κ2) is 4.55. The Balaban J connectivity index is 2.36. The molecule has 0 aliphatic rings. The van der Waals surface area contributed by atoms with Crippen molar-refractivity contribution in [3.05, 3.63) is 43.2 Å². The maximum atomic E-state index is 5.57. The summed E-state index contributed by atoms with van der Waals surface area (Å²) >= 11 is 6.92. The van der Waals surface area contributed by atoms with Gasteiger partial charge in [0.05, 0.1) is 6.04 Å².